The van der Waals surface area contributed by atoms with E-state index in [1.54, 1.807) is 11.3 Å². The molecule has 0 radical (unpaired) electrons. The second-order valence-corrected chi connectivity index (χ2v) is 5.72. The van der Waals surface area contributed by atoms with Crippen molar-refractivity contribution in [2.24, 2.45) is 0 Å². The number of ether oxygens (including phenoxy) is 2. The highest BCUT2D eigenvalue weighted by atomic mass is 32.1. The fourth-order valence-electron chi connectivity index (χ4n) is 2.25. The van der Waals surface area contributed by atoms with Gasteiger partial charge in [0, 0.05) is 4.88 Å². The maximum Gasteiger partial charge on any atom is 0.161 e. The predicted molar refractivity (Wildman–Crippen MR) is 74.6 cm³/mol. The third-order valence-corrected chi connectivity index (χ3v) is 4.00. The van der Waals surface area contributed by atoms with Crippen LogP contribution in [0.5, 0.6) is 11.5 Å². The minimum Gasteiger partial charge on any atom is -0.486 e. The lowest BCUT2D eigenvalue weighted by Gasteiger charge is -2.20. The number of hydrogen-bond donors (Lipinski definition) is 1. The SMILES string of the molecule is Cc1cc2c(cc1-c1cc(N)sc1C)OCCO2. The van der Waals surface area contributed by atoms with Crippen LogP contribution in [-0.2, 0) is 0 Å². The van der Waals surface area contributed by atoms with E-state index in [-0.39, 0.29) is 0 Å². The number of nitrogens with two attached hydrogens (primary N) is 1. The summed E-state index contributed by atoms with van der Waals surface area (Å²) in [4.78, 5) is 1.23. The standard InChI is InChI=1S/C14H15NO2S/c1-8-5-12-13(17-4-3-16-12)6-10(8)11-7-14(15)18-9(11)2/h5-7H,3-4,15H2,1-2H3. The average Bonchev–Trinajstić information content (AvgIpc) is 2.67. The van der Waals surface area contributed by atoms with Crippen LogP contribution in [0, 0.1) is 13.8 Å². The van der Waals surface area contributed by atoms with Crippen LogP contribution in [0.2, 0.25) is 0 Å². The van der Waals surface area contributed by atoms with Gasteiger partial charge in [0.1, 0.15) is 13.2 Å². The molecule has 0 atom stereocenters. The summed E-state index contributed by atoms with van der Waals surface area (Å²) in [5, 5.41) is 0.844. The molecule has 0 fully saturated rings. The molecule has 2 heterocycles. The van der Waals surface area contributed by atoms with Crippen molar-refractivity contribution in [3.05, 3.63) is 28.6 Å². The molecule has 1 aliphatic rings. The van der Waals surface area contributed by atoms with E-state index in [4.69, 9.17) is 15.2 Å². The Hall–Kier alpha value is -1.68. The lowest BCUT2D eigenvalue weighted by atomic mass is 10.0. The zero-order chi connectivity index (χ0) is 12.7. The maximum atomic E-state index is 5.87. The summed E-state index contributed by atoms with van der Waals surface area (Å²) in [7, 11) is 0. The van der Waals surface area contributed by atoms with Gasteiger partial charge in [-0.15, -0.1) is 11.3 Å². The molecule has 94 valence electrons. The number of nitrogen functional groups attached to an aromatic ring is 1. The van der Waals surface area contributed by atoms with E-state index < -0.39 is 0 Å². The van der Waals surface area contributed by atoms with Gasteiger partial charge < -0.3 is 15.2 Å². The van der Waals surface area contributed by atoms with Crippen LogP contribution in [-0.4, -0.2) is 13.2 Å². The minimum absolute atomic E-state index is 0.611. The fourth-order valence-corrected chi connectivity index (χ4v) is 3.06. The molecule has 2 N–H and O–H groups in total. The third kappa shape index (κ3) is 1.82. The zero-order valence-electron chi connectivity index (χ0n) is 10.4. The van der Waals surface area contributed by atoms with Crippen molar-refractivity contribution in [3.8, 4) is 22.6 Å². The van der Waals surface area contributed by atoms with E-state index >= 15 is 0 Å². The molecule has 3 rings (SSSR count). The Morgan fingerprint density at radius 1 is 1.00 bits per heavy atom. The quantitative estimate of drug-likeness (QED) is 0.855. The topological polar surface area (TPSA) is 44.5 Å². The van der Waals surface area contributed by atoms with Gasteiger partial charge in [-0.1, -0.05) is 0 Å². The van der Waals surface area contributed by atoms with E-state index in [1.807, 2.05) is 12.1 Å². The summed E-state index contributed by atoms with van der Waals surface area (Å²) in [6.45, 7) is 5.41. The van der Waals surface area contributed by atoms with Gasteiger partial charge in [0.25, 0.3) is 0 Å². The van der Waals surface area contributed by atoms with Gasteiger partial charge in [-0.3, -0.25) is 0 Å². The number of rotatable bonds is 1. The van der Waals surface area contributed by atoms with E-state index in [0.717, 1.165) is 16.5 Å². The Bertz CT molecular complexity index is 604. The number of fused-ring (bicyclic) bond motifs is 1. The molecule has 18 heavy (non-hydrogen) atoms. The van der Waals surface area contributed by atoms with E-state index in [0.29, 0.717) is 13.2 Å². The minimum atomic E-state index is 0.611. The third-order valence-electron chi connectivity index (χ3n) is 3.12. The lowest BCUT2D eigenvalue weighted by molar-refractivity contribution is 0.171. The number of thiophene rings is 1. The van der Waals surface area contributed by atoms with Crippen molar-refractivity contribution < 1.29 is 9.47 Å². The van der Waals surface area contributed by atoms with Crippen LogP contribution >= 0.6 is 11.3 Å². The van der Waals surface area contributed by atoms with Crippen LogP contribution in [0.1, 0.15) is 10.4 Å². The first kappa shape index (κ1) is 11.4. The molecule has 3 nitrogen and oxygen atoms in total. The molecular formula is C14H15NO2S. The summed E-state index contributed by atoms with van der Waals surface area (Å²) in [6, 6.07) is 6.12. The van der Waals surface area contributed by atoms with Crippen LogP contribution in [0.3, 0.4) is 0 Å². The maximum absolute atomic E-state index is 5.87. The number of aryl methyl sites for hydroxylation is 2. The van der Waals surface area contributed by atoms with Crippen molar-refractivity contribution in [1.29, 1.82) is 0 Å². The molecule has 0 amide bonds. The van der Waals surface area contributed by atoms with Gasteiger partial charge >= 0.3 is 0 Å². The smallest absolute Gasteiger partial charge is 0.161 e. The van der Waals surface area contributed by atoms with Gasteiger partial charge in [0.2, 0.25) is 0 Å². The van der Waals surface area contributed by atoms with Gasteiger partial charge in [-0.25, -0.2) is 0 Å². The molecule has 1 aromatic carbocycles. The molecule has 0 spiro atoms. The molecule has 0 saturated carbocycles. The molecule has 0 unspecified atom stereocenters. The van der Waals surface area contributed by atoms with Gasteiger partial charge in [-0.05, 0) is 48.7 Å². The first-order chi connectivity index (χ1) is 8.65. The summed E-state index contributed by atoms with van der Waals surface area (Å²) in [5.41, 5.74) is 9.41. The average molecular weight is 261 g/mol. The summed E-state index contributed by atoms with van der Waals surface area (Å²) in [5.74, 6) is 1.66. The molecule has 1 aromatic heterocycles. The van der Waals surface area contributed by atoms with Crippen molar-refractivity contribution in [3.63, 3.8) is 0 Å². The molecular weight excluding hydrogens is 246 g/mol. The second-order valence-electron chi connectivity index (χ2n) is 4.43. The first-order valence-electron chi connectivity index (χ1n) is 5.91. The van der Waals surface area contributed by atoms with Crippen molar-refractivity contribution in [2.75, 3.05) is 18.9 Å². The highest BCUT2D eigenvalue weighted by molar-refractivity contribution is 7.16. The zero-order valence-corrected chi connectivity index (χ0v) is 11.3. The molecule has 4 heteroatoms. The fraction of sp³-hybridized carbons (Fsp3) is 0.286. The van der Waals surface area contributed by atoms with E-state index in [1.165, 1.54) is 21.6 Å². The molecule has 0 aliphatic carbocycles. The highest BCUT2D eigenvalue weighted by Gasteiger charge is 2.16. The summed E-state index contributed by atoms with van der Waals surface area (Å²) in [6.07, 6.45) is 0. The second kappa shape index (κ2) is 4.21. The number of hydrogen-bond acceptors (Lipinski definition) is 4. The van der Waals surface area contributed by atoms with Crippen LogP contribution in [0.15, 0.2) is 18.2 Å². The van der Waals surface area contributed by atoms with E-state index in [2.05, 4.69) is 19.9 Å². The van der Waals surface area contributed by atoms with Gasteiger partial charge in [0.15, 0.2) is 11.5 Å². The summed E-state index contributed by atoms with van der Waals surface area (Å²) >= 11 is 1.62. The molecule has 1 aliphatic heterocycles. The molecule has 0 saturated heterocycles. The Kier molecular flexibility index (Phi) is 2.67. The Morgan fingerprint density at radius 3 is 2.28 bits per heavy atom. The number of benzene rings is 1. The first-order valence-corrected chi connectivity index (χ1v) is 6.73. The Morgan fingerprint density at radius 2 is 1.67 bits per heavy atom. The van der Waals surface area contributed by atoms with Crippen LogP contribution < -0.4 is 15.2 Å². The Labute approximate surface area is 110 Å². The predicted octanol–water partition coefficient (Wildman–Crippen LogP) is 3.39. The van der Waals surface area contributed by atoms with Gasteiger partial charge in [-0.2, -0.15) is 0 Å². The monoisotopic (exact) mass is 261 g/mol. The van der Waals surface area contributed by atoms with Crippen molar-refractivity contribution in [2.45, 2.75) is 13.8 Å². The van der Waals surface area contributed by atoms with E-state index in [9.17, 15) is 0 Å². The Balaban J connectivity index is 2.15. The lowest BCUT2D eigenvalue weighted by Crippen LogP contribution is -2.15. The van der Waals surface area contributed by atoms with Gasteiger partial charge in [0.05, 0.1) is 5.00 Å². The molecule has 0 bridgehead atoms. The number of anilines is 1. The highest BCUT2D eigenvalue weighted by Crippen LogP contribution is 2.40. The van der Waals surface area contributed by atoms with Crippen LogP contribution in [0.4, 0.5) is 5.00 Å². The largest absolute Gasteiger partial charge is 0.486 e. The van der Waals surface area contributed by atoms with Crippen LogP contribution in [0.25, 0.3) is 11.1 Å². The summed E-state index contributed by atoms with van der Waals surface area (Å²) < 4.78 is 11.2. The van der Waals surface area contributed by atoms with Crippen molar-refractivity contribution >= 4 is 16.3 Å². The van der Waals surface area contributed by atoms with Crippen molar-refractivity contribution in [1.82, 2.24) is 0 Å². The molecule has 2 aromatic rings. The normalized spacial score (nSPS) is 13.7.